The van der Waals surface area contributed by atoms with Gasteiger partial charge in [0.15, 0.2) is 0 Å². The SMILES string of the molecule is CC1CN(C)CC(CCN)N1c1ccc(C#N)cc1. The van der Waals surface area contributed by atoms with Gasteiger partial charge in [-0.15, -0.1) is 0 Å². The molecule has 0 aliphatic carbocycles. The third-order valence-electron chi connectivity index (χ3n) is 3.76. The zero-order valence-electron chi connectivity index (χ0n) is 11.7. The number of anilines is 1. The molecule has 1 saturated heterocycles. The molecule has 4 nitrogen and oxygen atoms in total. The van der Waals surface area contributed by atoms with E-state index in [1.54, 1.807) is 0 Å². The van der Waals surface area contributed by atoms with Crippen LogP contribution in [0.5, 0.6) is 0 Å². The molecule has 1 aromatic rings. The highest BCUT2D eigenvalue weighted by Gasteiger charge is 2.30. The molecular weight excluding hydrogens is 236 g/mol. The molecule has 2 atom stereocenters. The number of rotatable bonds is 3. The Kier molecular flexibility index (Phi) is 4.41. The maximum Gasteiger partial charge on any atom is 0.0991 e. The molecule has 0 amide bonds. The lowest BCUT2D eigenvalue weighted by molar-refractivity contribution is 0.227. The minimum atomic E-state index is 0.451. The van der Waals surface area contributed by atoms with Crippen molar-refractivity contribution >= 4 is 5.69 Å². The van der Waals surface area contributed by atoms with Crippen molar-refractivity contribution in [3.05, 3.63) is 29.8 Å². The van der Waals surface area contributed by atoms with E-state index in [9.17, 15) is 0 Å². The van der Waals surface area contributed by atoms with Gasteiger partial charge in [0.05, 0.1) is 11.6 Å². The molecule has 1 aromatic carbocycles. The van der Waals surface area contributed by atoms with Gasteiger partial charge < -0.3 is 15.5 Å². The van der Waals surface area contributed by atoms with Gasteiger partial charge in [-0.2, -0.15) is 5.26 Å². The van der Waals surface area contributed by atoms with E-state index >= 15 is 0 Å². The Morgan fingerprint density at radius 3 is 2.58 bits per heavy atom. The van der Waals surface area contributed by atoms with Crippen molar-refractivity contribution in [2.75, 3.05) is 31.6 Å². The molecule has 4 heteroatoms. The summed E-state index contributed by atoms with van der Waals surface area (Å²) in [5.41, 5.74) is 7.65. The first-order chi connectivity index (χ1) is 9.15. The third-order valence-corrected chi connectivity index (χ3v) is 3.76. The number of nitrogens with zero attached hydrogens (tertiary/aromatic N) is 3. The van der Waals surface area contributed by atoms with Gasteiger partial charge in [0.25, 0.3) is 0 Å². The summed E-state index contributed by atoms with van der Waals surface area (Å²) in [5, 5.41) is 8.87. The Morgan fingerprint density at radius 1 is 1.32 bits per heavy atom. The Balaban J connectivity index is 2.24. The van der Waals surface area contributed by atoms with Crippen molar-refractivity contribution in [3.8, 4) is 6.07 Å². The summed E-state index contributed by atoms with van der Waals surface area (Å²) in [6.07, 6.45) is 0.995. The monoisotopic (exact) mass is 258 g/mol. The molecule has 1 aliphatic rings. The molecule has 0 aromatic heterocycles. The topological polar surface area (TPSA) is 56.3 Å². The summed E-state index contributed by atoms with van der Waals surface area (Å²) in [6.45, 7) is 5.05. The standard InChI is InChI=1S/C15H22N4/c1-12-10-18(2)11-15(7-8-16)19(12)14-5-3-13(9-17)4-6-14/h3-6,12,15H,7-8,10-11,16H2,1-2H3. The quantitative estimate of drug-likeness (QED) is 0.891. The van der Waals surface area contributed by atoms with Crippen molar-refractivity contribution in [1.82, 2.24) is 4.90 Å². The summed E-state index contributed by atoms with van der Waals surface area (Å²) in [6, 6.07) is 10.9. The second kappa shape index (κ2) is 6.05. The fourth-order valence-corrected chi connectivity index (χ4v) is 3.02. The summed E-state index contributed by atoms with van der Waals surface area (Å²) in [7, 11) is 2.16. The second-order valence-corrected chi connectivity index (χ2v) is 5.37. The van der Waals surface area contributed by atoms with Crippen molar-refractivity contribution < 1.29 is 0 Å². The molecule has 102 valence electrons. The largest absolute Gasteiger partial charge is 0.363 e. The zero-order chi connectivity index (χ0) is 13.8. The maximum absolute atomic E-state index is 8.87. The van der Waals surface area contributed by atoms with Crippen molar-refractivity contribution in [2.24, 2.45) is 5.73 Å². The van der Waals surface area contributed by atoms with Crippen LogP contribution in [-0.4, -0.2) is 43.7 Å². The molecule has 19 heavy (non-hydrogen) atoms. The van der Waals surface area contributed by atoms with E-state index in [1.165, 1.54) is 5.69 Å². The second-order valence-electron chi connectivity index (χ2n) is 5.37. The first kappa shape index (κ1) is 13.9. The van der Waals surface area contributed by atoms with Gasteiger partial charge in [0.2, 0.25) is 0 Å². The van der Waals surface area contributed by atoms with Gasteiger partial charge in [-0.25, -0.2) is 0 Å². The average molecular weight is 258 g/mol. The van der Waals surface area contributed by atoms with Crippen LogP contribution >= 0.6 is 0 Å². The lowest BCUT2D eigenvalue weighted by Gasteiger charge is -2.46. The number of benzene rings is 1. The van der Waals surface area contributed by atoms with Crippen LogP contribution in [0.2, 0.25) is 0 Å². The predicted molar refractivity (Wildman–Crippen MR) is 78.1 cm³/mol. The molecule has 0 saturated carbocycles. The smallest absolute Gasteiger partial charge is 0.0991 e. The summed E-state index contributed by atoms with van der Waals surface area (Å²) in [4.78, 5) is 4.82. The average Bonchev–Trinajstić information content (AvgIpc) is 2.39. The number of nitrogens with two attached hydrogens (primary N) is 1. The van der Waals surface area contributed by atoms with Crippen molar-refractivity contribution in [1.29, 1.82) is 5.26 Å². The third kappa shape index (κ3) is 3.06. The molecule has 2 unspecified atom stereocenters. The number of hydrogen-bond donors (Lipinski definition) is 1. The number of likely N-dealkylation sites (N-methyl/N-ethyl adjacent to an activating group) is 1. The van der Waals surface area contributed by atoms with E-state index in [4.69, 9.17) is 11.0 Å². The van der Waals surface area contributed by atoms with Crippen LogP contribution in [0.15, 0.2) is 24.3 Å². The van der Waals surface area contributed by atoms with Gasteiger partial charge in [-0.1, -0.05) is 0 Å². The number of hydrogen-bond acceptors (Lipinski definition) is 4. The fourth-order valence-electron chi connectivity index (χ4n) is 3.02. The van der Waals surface area contributed by atoms with Crippen LogP contribution in [0, 0.1) is 11.3 Å². The van der Waals surface area contributed by atoms with E-state index in [-0.39, 0.29) is 0 Å². The van der Waals surface area contributed by atoms with Gasteiger partial charge in [0.1, 0.15) is 0 Å². The minimum Gasteiger partial charge on any atom is -0.363 e. The van der Waals surface area contributed by atoms with E-state index in [0.717, 1.165) is 19.5 Å². The highest BCUT2D eigenvalue weighted by molar-refractivity contribution is 5.52. The van der Waals surface area contributed by atoms with Crippen LogP contribution in [0.25, 0.3) is 0 Å². The lowest BCUT2D eigenvalue weighted by Crippen LogP contribution is -2.57. The van der Waals surface area contributed by atoms with Crippen LogP contribution < -0.4 is 10.6 Å². The van der Waals surface area contributed by atoms with Crippen LogP contribution in [0.4, 0.5) is 5.69 Å². The predicted octanol–water partition coefficient (Wildman–Crippen LogP) is 1.42. The van der Waals surface area contributed by atoms with Crippen molar-refractivity contribution in [3.63, 3.8) is 0 Å². The Labute approximate surface area is 115 Å². The normalized spacial score (nSPS) is 24.2. The molecular formula is C15H22N4. The van der Waals surface area contributed by atoms with Gasteiger partial charge in [-0.3, -0.25) is 0 Å². The molecule has 0 spiro atoms. The van der Waals surface area contributed by atoms with Gasteiger partial charge >= 0.3 is 0 Å². The lowest BCUT2D eigenvalue weighted by atomic mass is 10.0. The fraction of sp³-hybridized carbons (Fsp3) is 0.533. The van der Waals surface area contributed by atoms with E-state index < -0.39 is 0 Å². The first-order valence-corrected chi connectivity index (χ1v) is 6.82. The van der Waals surface area contributed by atoms with Crippen molar-refractivity contribution in [2.45, 2.75) is 25.4 Å². The highest BCUT2D eigenvalue weighted by atomic mass is 15.3. The molecule has 2 N–H and O–H groups in total. The molecule has 0 bridgehead atoms. The maximum atomic E-state index is 8.87. The molecule has 1 aliphatic heterocycles. The van der Waals surface area contributed by atoms with Gasteiger partial charge in [-0.05, 0) is 51.2 Å². The molecule has 1 heterocycles. The highest BCUT2D eigenvalue weighted by Crippen LogP contribution is 2.25. The van der Waals surface area contributed by atoms with E-state index in [1.807, 2.05) is 24.3 Å². The Morgan fingerprint density at radius 2 is 2.00 bits per heavy atom. The minimum absolute atomic E-state index is 0.451. The first-order valence-electron chi connectivity index (χ1n) is 6.82. The zero-order valence-corrected chi connectivity index (χ0v) is 11.7. The number of nitriles is 1. The van der Waals surface area contributed by atoms with Crippen LogP contribution in [-0.2, 0) is 0 Å². The van der Waals surface area contributed by atoms with E-state index in [0.29, 0.717) is 24.2 Å². The van der Waals surface area contributed by atoms with Crippen LogP contribution in [0.3, 0.4) is 0 Å². The Bertz CT molecular complexity index is 448. The Hall–Kier alpha value is -1.57. The summed E-state index contributed by atoms with van der Waals surface area (Å²) in [5.74, 6) is 0. The number of piperazine rings is 1. The van der Waals surface area contributed by atoms with E-state index in [2.05, 4.69) is 29.8 Å². The molecule has 1 fully saturated rings. The molecule has 0 radical (unpaired) electrons. The van der Waals surface area contributed by atoms with Gasteiger partial charge in [0, 0.05) is 30.9 Å². The summed E-state index contributed by atoms with van der Waals surface area (Å²) >= 11 is 0. The summed E-state index contributed by atoms with van der Waals surface area (Å²) < 4.78 is 0. The van der Waals surface area contributed by atoms with Crippen LogP contribution in [0.1, 0.15) is 18.9 Å². The molecule has 2 rings (SSSR count).